The van der Waals surface area contributed by atoms with Crippen LogP contribution in [0.15, 0.2) is 48.5 Å². The molecule has 0 aromatic heterocycles. The predicted molar refractivity (Wildman–Crippen MR) is 136 cm³/mol. The minimum Gasteiger partial charge on any atom is -0.377 e. The Morgan fingerprint density at radius 3 is 2.27 bits per heavy atom. The molecule has 1 aliphatic rings. The molecule has 1 fully saturated rings. The van der Waals surface area contributed by atoms with Crippen LogP contribution in [0.5, 0.6) is 0 Å². The second-order valence-corrected chi connectivity index (χ2v) is 10.7. The van der Waals surface area contributed by atoms with Gasteiger partial charge in [-0.1, -0.05) is 57.5 Å². The zero-order valence-corrected chi connectivity index (χ0v) is 21.0. The molecule has 5 heteroatoms. The Morgan fingerprint density at radius 1 is 1.06 bits per heavy atom. The summed E-state index contributed by atoms with van der Waals surface area (Å²) >= 11 is 0. The molecule has 3 rings (SSSR count). The number of hydrogen-bond donors (Lipinski definition) is 1. The number of carbonyl (C=O) groups excluding carboxylic acids is 2. The van der Waals surface area contributed by atoms with Gasteiger partial charge < -0.3 is 15.1 Å². The third kappa shape index (κ3) is 6.59. The summed E-state index contributed by atoms with van der Waals surface area (Å²) in [5.74, 6) is 0.362. The van der Waals surface area contributed by atoms with Crippen LogP contribution in [0.2, 0.25) is 0 Å². The molecular formula is C28H39N3O2. The lowest BCUT2D eigenvalue weighted by Crippen LogP contribution is -2.36. The molecule has 0 heterocycles. The molecule has 1 aliphatic carbocycles. The molecule has 2 amide bonds. The van der Waals surface area contributed by atoms with Gasteiger partial charge in [0.15, 0.2) is 0 Å². The van der Waals surface area contributed by atoms with Gasteiger partial charge >= 0.3 is 0 Å². The van der Waals surface area contributed by atoms with Crippen molar-refractivity contribution in [1.29, 1.82) is 0 Å². The highest BCUT2D eigenvalue weighted by Gasteiger charge is 2.28. The molecule has 1 saturated carbocycles. The zero-order valence-electron chi connectivity index (χ0n) is 21.0. The molecule has 0 bridgehead atoms. The Kier molecular flexibility index (Phi) is 7.83. The normalized spacial score (nSPS) is 14.8. The van der Waals surface area contributed by atoms with Crippen LogP contribution in [-0.4, -0.2) is 30.8 Å². The Hall–Kier alpha value is -2.82. The lowest BCUT2D eigenvalue weighted by atomic mass is 9.85. The number of anilines is 2. The molecule has 33 heavy (non-hydrogen) atoms. The highest BCUT2D eigenvalue weighted by Crippen LogP contribution is 2.32. The average Bonchev–Trinajstić information content (AvgIpc) is 2.69. The van der Waals surface area contributed by atoms with E-state index >= 15 is 0 Å². The van der Waals surface area contributed by atoms with Crippen molar-refractivity contribution in [3.8, 4) is 0 Å². The standard InChI is InChI=1S/C28H39N3O2/c1-20(21-11-8-7-9-12-21)31(26(32)18-28(2,3)4)19-23-17-24(15-16-25(23)30(5)6)29-27(33)22-13-10-14-22/h7-9,11-12,15-17,20,22H,10,13-14,18-19H2,1-6H3,(H,29,33)/t20-/m1/s1. The first-order valence-corrected chi connectivity index (χ1v) is 12.0. The van der Waals surface area contributed by atoms with Gasteiger partial charge in [-0.25, -0.2) is 0 Å². The summed E-state index contributed by atoms with van der Waals surface area (Å²) in [4.78, 5) is 30.1. The molecule has 5 nitrogen and oxygen atoms in total. The van der Waals surface area contributed by atoms with E-state index in [9.17, 15) is 9.59 Å². The monoisotopic (exact) mass is 449 g/mol. The van der Waals surface area contributed by atoms with E-state index in [4.69, 9.17) is 0 Å². The molecule has 1 atom stereocenters. The summed E-state index contributed by atoms with van der Waals surface area (Å²) < 4.78 is 0. The van der Waals surface area contributed by atoms with Gasteiger partial charge in [0.2, 0.25) is 11.8 Å². The van der Waals surface area contributed by atoms with Crippen molar-refractivity contribution in [2.24, 2.45) is 11.3 Å². The fourth-order valence-electron chi connectivity index (χ4n) is 4.23. The maximum absolute atomic E-state index is 13.5. The van der Waals surface area contributed by atoms with Crippen molar-refractivity contribution in [2.45, 2.75) is 66.0 Å². The number of amides is 2. The number of rotatable bonds is 8. The topological polar surface area (TPSA) is 52.7 Å². The van der Waals surface area contributed by atoms with Crippen LogP contribution in [0.4, 0.5) is 11.4 Å². The maximum Gasteiger partial charge on any atom is 0.227 e. The molecule has 2 aromatic carbocycles. The number of carbonyl (C=O) groups is 2. The number of nitrogens with one attached hydrogen (secondary N) is 1. The van der Waals surface area contributed by atoms with Crippen LogP contribution in [0, 0.1) is 11.3 Å². The number of benzene rings is 2. The highest BCUT2D eigenvalue weighted by atomic mass is 16.2. The van der Waals surface area contributed by atoms with Gasteiger partial charge in [-0.05, 0) is 54.5 Å². The summed E-state index contributed by atoms with van der Waals surface area (Å²) in [6, 6.07) is 16.1. The van der Waals surface area contributed by atoms with Gasteiger partial charge in [-0.3, -0.25) is 9.59 Å². The van der Waals surface area contributed by atoms with Crippen LogP contribution >= 0.6 is 0 Å². The maximum atomic E-state index is 13.5. The molecule has 178 valence electrons. The van der Waals surface area contributed by atoms with Gasteiger partial charge in [-0.15, -0.1) is 0 Å². The quantitative estimate of drug-likeness (QED) is 0.536. The van der Waals surface area contributed by atoms with E-state index in [0.29, 0.717) is 13.0 Å². The fourth-order valence-corrected chi connectivity index (χ4v) is 4.23. The van der Waals surface area contributed by atoms with E-state index in [0.717, 1.165) is 41.8 Å². The third-order valence-corrected chi connectivity index (χ3v) is 6.40. The van der Waals surface area contributed by atoms with E-state index in [2.05, 4.69) is 50.0 Å². The zero-order chi connectivity index (χ0) is 24.2. The lowest BCUT2D eigenvalue weighted by Gasteiger charge is -2.33. The Labute approximate surface area is 199 Å². The van der Waals surface area contributed by atoms with E-state index < -0.39 is 0 Å². The predicted octanol–water partition coefficient (Wildman–Crippen LogP) is 6.02. The van der Waals surface area contributed by atoms with Gasteiger partial charge in [0, 0.05) is 44.4 Å². The van der Waals surface area contributed by atoms with Gasteiger partial charge in [0.25, 0.3) is 0 Å². The molecule has 0 saturated heterocycles. The average molecular weight is 450 g/mol. The summed E-state index contributed by atoms with van der Waals surface area (Å²) in [5.41, 5.74) is 3.87. The second kappa shape index (κ2) is 10.4. The van der Waals surface area contributed by atoms with Crippen LogP contribution in [-0.2, 0) is 16.1 Å². The molecule has 2 aromatic rings. The Bertz CT molecular complexity index is 959. The molecule has 0 radical (unpaired) electrons. The van der Waals surface area contributed by atoms with E-state index in [1.807, 2.05) is 55.4 Å². The van der Waals surface area contributed by atoms with E-state index in [1.54, 1.807) is 0 Å². The van der Waals surface area contributed by atoms with E-state index in [-0.39, 0.29) is 29.2 Å². The van der Waals surface area contributed by atoms with Crippen molar-refractivity contribution in [3.63, 3.8) is 0 Å². The first kappa shape index (κ1) is 24.8. The largest absolute Gasteiger partial charge is 0.377 e. The van der Waals surface area contributed by atoms with Crippen molar-refractivity contribution >= 4 is 23.2 Å². The van der Waals surface area contributed by atoms with Gasteiger partial charge in [0.05, 0.1) is 6.04 Å². The number of hydrogen-bond acceptors (Lipinski definition) is 3. The molecule has 0 unspecified atom stereocenters. The van der Waals surface area contributed by atoms with Crippen molar-refractivity contribution in [1.82, 2.24) is 4.90 Å². The van der Waals surface area contributed by atoms with Gasteiger partial charge in [0.1, 0.15) is 0 Å². The Morgan fingerprint density at radius 2 is 1.73 bits per heavy atom. The number of nitrogens with zero attached hydrogens (tertiary/aromatic N) is 2. The van der Waals surface area contributed by atoms with Crippen molar-refractivity contribution in [3.05, 3.63) is 59.7 Å². The van der Waals surface area contributed by atoms with Gasteiger partial charge in [-0.2, -0.15) is 0 Å². The van der Waals surface area contributed by atoms with E-state index in [1.165, 1.54) is 0 Å². The fraction of sp³-hybridized carbons (Fsp3) is 0.500. The minimum atomic E-state index is -0.102. The van der Waals surface area contributed by atoms with Crippen molar-refractivity contribution < 1.29 is 9.59 Å². The van der Waals surface area contributed by atoms with Crippen LogP contribution in [0.25, 0.3) is 0 Å². The molecule has 0 aliphatic heterocycles. The second-order valence-electron chi connectivity index (χ2n) is 10.7. The summed E-state index contributed by atoms with van der Waals surface area (Å²) in [7, 11) is 4.01. The highest BCUT2D eigenvalue weighted by molar-refractivity contribution is 5.93. The smallest absolute Gasteiger partial charge is 0.227 e. The summed E-state index contributed by atoms with van der Waals surface area (Å²) in [6.07, 6.45) is 3.54. The Balaban J connectivity index is 1.92. The lowest BCUT2D eigenvalue weighted by molar-refractivity contribution is -0.136. The van der Waals surface area contributed by atoms with Crippen molar-refractivity contribution in [2.75, 3.05) is 24.3 Å². The van der Waals surface area contributed by atoms with Crippen LogP contribution in [0.3, 0.4) is 0 Å². The third-order valence-electron chi connectivity index (χ3n) is 6.40. The first-order valence-electron chi connectivity index (χ1n) is 12.0. The van der Waals surface area contributed by atoms with Crippen LogP contribution in [0.1, 0.15) is 70.5 Å². The summed E-state index contributed by atoms with van der Waals surface area (Å²) in [6.45, 7) is 8.85. The minimum absolute atomic E-state index is 0.0655. The first-order chi connectivity index (χ1) is 15.5. The SMILES string of the molecule is C[C@H](c1ccccc1)N(Cc1cc(NC(=O)C2CCC2)ccc1N(C)C)C(=O)CC(C)(C)C. The molecule has 0 spiro atoms. The summed E-state index contributed by atoms with van der Waals surface area (Å²) in [5, 5.41) is 3.09. The molecular weight excluding hydrogens is 410 g/mol. The molecule has 1 N–H and O–H groups in total. The van der Waals surface area contributed by atoms with Crippen LogP contribution < -0.4 is 10.2 Å².